The van der Waals surface area contributed by atoms with E-state index in [2.05, 4.69) is 51.2 Å². The van der Waals surface area contributed by atoms with Crippen molar-refractivity contribution in [1.82, 2.24) is 20.0 Å². The smallest absolute Gasteiger partial charge is 0.234 e. The molecule has 0 unspecified atom stereocenters. The molecule has 0 radical (unpaired) electrons. The molecule has 3 aliphatic rings. The molecule has 0 aromatic heterocycles. The van der Waals surface area contributed by atoms with E-state index in [1.807, 2.05) is 6.07 Å². The zero-order valence-corrected chi connectivity index (χ0v) is 18.3. The zero-order valence-electron chi connectivity index (χ0n) is 18.3. The summed E-state index contributed by atoms with van der Waals surface area (Å²) in [5.74, 6) is 1.54. The number of piperidine rings is 3. The Hall–Kier alpha value is -1.92. The lowest BCUT2D eigenvalue weighted by Gasteiger charge is -2.52. The van der Waals surface area contributed by atoms with Crippen molar-refractivity contribution in [3.8, 4) is 0 Å². The van der Waals surface area contributed by atoms with Crippen LogP contribution in [0.1, 0.15) is 38.2 Å². The second-order valence-corrected chi connectivity index (χ2v) is 9.27. The van der Waals surface area contributed by atoms with E-state index in [1.165, 1.54) is 12.0 Å². The largest absolute Gasteiger partial charge is 0.354 e. The molecule has 1 N–H and O–H groups in total. The van der Waals surface area contributed by atoms with Crippen LogP contribution in [0.25, 0.3) is 0 Å². The molecule has 164 valence electrons. The van der Waals surface area contributed by atoms with E-state index >= 15 is 0 Å². The van der Waals surface area contributed by atoms with Crippen molar-refractivity contribution in [3.05, 3.63) is 35.9 Å². The van der Waals surface area contributed by atoms with Crippen LogP contribution in [-0.2, 0) is 16.1 Å². The molecule has 3 atom stereocenters. The van der Waals surface area contributed by atoms with Crippen molar-refractivity contribution in [2.75, 3.05) is 45.8 Å². The summed E-state index contributed by atoms with van der Waals surface area (Å²) in [5.41, 5.74) is 1.31. The quantitative estimate of drug-likeness (QED) is 0.709. The van der Waals surface area contributed by atoms with Crippen molar-refractivity contribution >= 4 is 11.8 Å². The van der Waals surface area contributed by atoms with Crippen molar-refractivity contribution in [3.63, 3.8) is 0 Å². The Balaban J connectivity index is 1.20. The van der Waals surface area contributed by atoms with E-state index in [0.29, 0.717) is 36.9 Å². The number of amides is 2. The first kappa shape index (κ1) is 21.3. The number of nitrogens with zero attached hydrogens (tertiary/aromatic N) is 3. The van der Waals surface area contributed by atoms with E-state index in [-0.39, 0.29) is 5.91 Å². The Bertz CT molecular complexity index is 725. The number of likely N-dealkylation sites (tertiary alicyclic amines) is 1. The lowest BCUT2D eigenvalue weighted by atomic mass is 9.76. The second-order valence-electron chi connectivity index (χ2n) is 9.27. The summed E-state index contributed by atoms with van der Waals surface area (Å²) in [4.78, 5) is 31.7. The summed E-state index contributed by atoms with van der Waals surface area (Å²) in [6, 6.07) is 10.9. The Morgan fingerprint density at radius 3 is 2.83 bits per heavy atom. The highest BCUT2D eigenvalue weighted by molar-refractivity contribution is 5.78. The first-order valence-corrected chi connectivity index (χ1v) is 11.7. The van der Waals surface area contributed by atoms with Gasteiger partial charge in [-0.25, -0.2) is 0 Å². The van der Waals surface area contributed by atoms with Crippen LogP contribution in [0.2, 0.25) is 0 Å². The summed E-state index contributed by atoms with van der Waals surface area (Å²) in [7, 11) is 0. The van der Waals surface area contributed by atoms with Crippen molar-refractivity contribution in [1.29, 1.82) is 0 Å². The maximum absolute atomic E-state index is 12.6. The molecule has 3 aliphatic heterocycles. The molecule has 3 heterocycles. The predicted octanol–water partition coefficient (Wildman–Crippen LogP) is 1.96. The molecule has 1 aromatic rings. The SMILES string of the molecule is CCN(CCNC(=O)CN1C[C@H]2C[C@H](C1)[C@H]1CCCC(=O)N1C2)Cc1ccccc1. The van der Waals surface area contributed by atoms with Crippen LogP contribution in [0, 0.1) is 11.8 Å². The number of likely N-dealkylation sites (N-methyl/N-ethyl adjacent to an activating group) is 1. The highest BCUT2D eigenvalue weighted by Crippen LogP contribution is 2.37. The number of hydrogen-bond acceptors (Lipinski definition) is 4. The molecule has 6 heteroatoms. The minimum absolute atomic E-state index is 0.127. The maximum atomic E-state index is 12.6. The van der Waals surface area contributed by atoms with Crippen LogP contribution in [0.15, 0.2) is 30.3 Å². The minimum Gasteiger partial charge on any atom is -0.354 e. The first-order valence-electron chi connectivity index (χ1n) is 11.7. The van der Waals surface area contributed by atoms with Gasteiger partial charge in [0.1, 0.15) is 0 Å². The molecular weight excluding hydrogens is 376 g/mol. The van der Waals surface area contributed by atoms with Crippen LogP contribution in [0.3, 0.4) is 0 Å². The normalized spacial score (nSPS) is 26.5. The molecule has 2 bridgehead atoms. The molecule has 0 spiro atoms. The third kappa shape index (κ3) is 5.22. The monoisotopic (exact) mass is 412 g/mol. The van der Waals surface area contributed by atoms with E-state index < -0.39 is 0 Å². The van der Waals surface area contributed by atoms with Gasteiger partial charge < -0.3 is 10.2 Å². The summed E-state index contributed by atoms with van der Waals surface area (Å²) in [5, 5.41) is 3.12. The van der Waals surface area contributed by atoms with E-state index in [4.69, 9.17) is 0 Å². The van der Waals surface area contributed by atoms with Gasteiger partial charge in [-0.1, -0.05) is 37.3 Å². The van der Waals surface area contributed by atoms with E-state index in [0.717, 1.165) is 58.5 Å². The number of carbonyl (C=O) groups excluding carboxylic acids is 2. The van der Waals surface area contributed by atoms with Crippen molar-refractivity contribution < 1.29 is 9.59 Å². The fourth-order valence-corrected chi connectivity index (χ4v) is 5.64. The van der Waals surface area contributed by atoms with Gasteiger partial charge in [0.15, 0.2) is 0 Å². The standard InChI is InChI=1S/C24H36N4O2/c1-2-26(14-19-7-4-3-5-8-19)12-11-25-23(29)18-27-15-20-13-21(17-27)22-9-6-10-24(30)28(22)16-20/h3-5,7-8,20-22H,2,6,9-18H2,1H3,(H,25,29)/t20-,21-,22-/m1/s1. The van der Waals surface area contributed by atoms with Crippen LogP contribution in [0.4, 0.5) is 0 Å². The second kappa shape index (κ2) is 9.92. The summed E-state index contributed by atoms with van der Waals surface area (Å²) >= 11 is 0. The third-order valence-corrected chi connectivity index (χ3v) is 7.07. The highest BCUT2D eigenvalue weighted by Gasteiger charge is 2.43. The Morgan fingerprint density at radius 1 is 1.20 bits per heavy atom. The number of carbonyl (C=O) groups is 2. The van der Waals surface area contributed by atoms with Gasteiger partial charge in [-0.3, -0.25) is 19.4 Å². The molecular formula is C24H36N4O2. The summed E-state index contributed by atoms with van der Waals surface area (Å²) < 4.78 is 0. The molecule has 0 saturated carbocycles. The molecule has 3 fully saturated rings. The Labute approximate surface area is 180 Å². The van der Waals surface area contributed by atoms with E-state index in [1.54, 1.807) is 0 Å². The van der Waals surface area contributed by atoms with Crippen LogP contribution in [0.5, 0.6) is 0 Å². The minimum atomic E-state index is 0.127. The lowest BCUT2D eigenvalue weighted by molar-refractivity contribution is -0.145. The summed E-state index contributed by atoms with van der Waals surface area (Å²) in [6.07, 6.45) is 4.11. The third-order valence-electron chi connectivity index (χ3n) is 7.07. The van der Waals surface area contributed by atoms with Crippen molar-refractivity contribution in [2.24, 2.45) is 11.8 Å². The lowest BCUT2D eigenvalue weighted by Crippen LogP contribution is -2.61. The van der Waals surface area contributed by atoms with Crippen LogP contribution < -0.4 is 5.32 Å². The average molecular weight is 413 g/mol. The molecule has 3 saturated heterocycles. The van der Waals surface area contributed by atoms with Crippen LogP contribution >= 0.6 is 0 Å². The molecule has 0 aliphatic carbocycles. The fourth-order valence-electron chi connectivity index (χ4n) is 5.64. The number of rotatable bonds is 8. The number of nitrogens with one attached hydrogen (secondary N) is 1. The molecule has 6 nitrogen and oxygen atoms in total. The van der Waals surface area contributed by atoms with Crippen molar-refractivity contribution in [2.45, 2.75) is 45.2 Å². The zero-order chi connectivity index (χ0) is 20.9. The highest BCUT2D eigenvalue weighted by atomic mass is 16.2. The summed E-state index contributed by atoms with van der Waals surface area (Å²) in [6.45, 7) is 8.86. The number of hydrogen-bond donors (Lipinski definition) is 1. The van der Waals surface area contributed by atoms with Gasteiger partial charge in [-0.15, -0.1) is 0 Å². The Morgan fingerprint density at radius 2 is 2.03 bits per heavy atom. The van der Waals surface area contributed by atoms with Gasteiger partial charge in [0.25, 0.3) is 0 Å². The van der Waals surface area contributed by atoms with Gasteiger partial charge >= 0.3 is 0 Å². The van der Waals surface area contributed by atoms with Gasteiger partial charge in [-0.2, -0.15) is 0 Å². The Kier molecular flexibility index (Phi) is 7.05. The van der Waals surface area contributed by atoms with Gasteiger partial charge in [0.2, 0.25) is 11.8 Å². The van der Waals surface area contributed by atoms with E-state index in [9.17, 15) is 9.59 Å². The molecule has 30 heavy (non-hydrogen) atoms. The van der Waals surface area contributed by atoms with Gasteiger partial charge in [-0.05, 0) is 43.2 Å². The van der Waals surface area contributed by atoms with Gasteiger partial charge in [0.05, 0.1) is 6.54 Å². The fraction of sp³-hybridized carbons (Fsp3) is 0.667. The average Bonchev–Trinajstić information content (AvgIpc) is 2.74. The molecule has 4 rings (SSSR count). The van der Waals surface area contributed by atoms with Crippen LogP contribution in [-0.4, -0.2) is 78.4 Å². The number of fused-ring (bicyclic) bond motifs is 4. The molecule has 2 amide bonds. The topological polar surface area (TPSA) is 55.9 Å². The number of benzene rings is 1. The first-order chi connectivity index (χ1) is 14.6. The predicted molar refractivity (Wildman–Crippen MR) is 118 cm³/mol. The molecule has 1 aromatic carbocycles. The maximum Gasteiger partial charge on any atom is 0.234 e. The van der Waals surface area contributed by atoms with Gasteiger partial charge in [0, 0.05) is 51.7 Å².